The third-order valence-corrected chi connectivity index (χ3v) is 8.46. The molecule has 240 valence electrons. The Hall–Kier alpha value is -4.17. The lowest BCUT2D eigenvalue weighted by atomic mass is 9.87. The third kappa shape index (κ3) is 5.96. The first-order valence-electron chi connectivity index (χ1n) is 14.0. The average molecular weight is 647 g/mol. The molecule has 0 bridgehead atoms. The number of alkyl halides is 3. The van der Waals surface area contributed by atoms with Crippen LogP contribution in [0.4, 0.5) is 24.8 Å². The van der Waals surface area contributed by atoms with E-state index in [1.54, 1.807) is 4.90 Å². The zero-order valence-electron chi connectivity index (χ0n) is 25.8. The molecule has 1 aliphatic heterocycles. The lowest BCUT2D eigenvalue weighted by Gasteiger charge is -2.35. The van der Waals surface area contributed by atoms with Crippen molar-refractivity contribution in [1.29, 1.82) is 0 Å². The largest absolute Gasteiger partial charge is 0.534 e. The molecular formula is C31H33F3N4O6S. The van der Waals surface area contributed by atoms with Gasteiger partial charge in [-0.2, -0.15) is 21.6 Å². The molecule has 0 N–H and O–H groups in total. The van der Waals surface area contributed by atoms with Crippen molar-refractivity contribution in [3.8, 4) is 16.9 Å². The Kier molecular flexibility index (Phi) is 8.11. The number of ether oxygens (including phenoxy) is 2. The fraction of sp³-hybridized carbons (Fsp3) is 0.387. The first-order valence-corrected chi connectivity index (χ1v) is 15.4. The molecule has 0 spiro atoms. The predicted octanol–water partition coefficient (Wildman–Crippen LogP) is 6.43. The molecule has 0 amide bonds. The van der Waals surface area contributed by atoms with Crippen LogP contribution >= 0.6 is 0 Å². The Labute approximate surface area is 258 Å². The second-order valence-electron chi connectivity index (χ2n) is 11.8. The molecule has 0 saturated heterocycles. The Morgan fingerprint density at radius 2 is 1.62 bits per heavy atom. The van der Waals surface area contributed by atoms with Gasteiger partial charge in [0, 0.05) is 29.7 Å². The lowest BCUT2D eigenvalue weighted by molar-refractivity contribution is -0.164. The number of halogens is 3. The fourth-order valence-corrected chi connectivity index (χ4v) is 6.03. The van der Waals surface area contributed by atoms with Crippen LogP contribution in [-0.2, 0) is 30.9 Å². The van der Waals surface area contributed by atoms with Gasteiger partial charge in [0.25, 0.3) is 0 Å². The van der Waals surface area contributed by atoms with E-state index >= 15 is 0 Å². The number of hydrogen-bond donors (Lipinski definition) is 0. The van der Waals surface area contributed by atoms with Crippen molar-refractivity contribution in [2.75, 3.05) is 18.6 Å². The van der Waals surface area contributed by atoms with Gasteiger partial charge < -0.3 is 23.1 Å². The Morgan fingerprint density at radius 1 is 1.00 bits per heavy atom. The van der Waals surface area contributed by atoms with E-state index in [2.05, 4.69) is 18.7 Å². The summed E-state index contributed by atoms with van der Waals surface area (Å²) in [5.74, 6) is -1.18. The number of aromatic nitrogens is 3. The standard InChI is InChI=1S/C31H33F3N4O6S/c1-17-8-10-20(11-9-17)24-22-14-18(2)37-12-13-38(29-35-15-21(16-36-29)44-45(40,41)31(32,33)34)25(26(22)37)19(3)23(24)27(28(39)42-7)43-30(4,5)6/h8-11,14-16,27H,12-13H2,1-7H3/t27-/m0/s1. The molecule has 0 saturated carbocycles. The third-order valence-electron chi connectivity index (χ3n) is 7.48. The van der Waals surface area contributed by atoms with Crippen molar-refractivity contribution in [2.24, 2.45) is 0 Å². The van der Waals surface area contributed by atoms with Gasteiger partial charge >= 0.3 is 21.6 Å². The molecule has 4 aromatic rings. The second kappa shape index (κ2) is 11.3. The lowest BCUT2D eigenvalue weighted by Crippen LogP contribution is -2.32. The van der Waals surface area contributed by atoms with Gasteiger partial charge in [-0.1, -0.05) is 29.8 Å². The number of nitrogens with zero attached hydrogens (tertiary/aromatic N) is 4. The predicted molar refractivity (Wildman–Crippen MR) is 162 cm³/mol. The zero-order valence-corrected chi connectivity index (χ0v) is 26.6. The van der Waals surface area contributed by atoms with Crippen LogP contribution in [-0.4, -0.2) is 53.7 Å². The van der Waals surface area contributed by atoms with Gasteiger partial charge in [0.2, 0.25) is 5.95 Å². The van der Waals surface area contributed by atoms with Crippen LogP contribution in [0.5, 0.6) is 5.75 Å². The first kappa shape index (κ1) is 32.2. The van der Waals surface area contributed by atoms with Crippen molar-refractivity contribution < 1.29 is 40.0 Å². The Balaban J connectivity index is 1.77. The summed E-state index contributed by atoms with van der Waals surface area (Å²) >= 11 is 0. The molecule has 0 aliphatic carbocycles. The highest BCUT2D eigenvalue weighted by molar-refractivity contribution is 7.88. The number of esters is 1. The van der Waals surface area contributed by atoms with Gasteiger partial charge in [0.05, 0.1) is 36.3 Å². The molecule has 0 fully saturated rings. The number of benzene rings is 2. The number of methoxy groups -OCH3 is 1. The first-order chi connectivity index (χ1) is 20.9. The highest BCUT2D eigenvalue weighted by Gasteiger charge is 2.48. The molecule has 10 nitrogen and oxygen atoms in total. The Morgan fingerprint density at radius 3 is 2.18 bits per heavy atom. The molecule has 0 unspecified atom stereocenters. The van der Waals surface area contributed by atoms with Crippen LogP contribution in [0.25, 0.3) is 22.0 Å². The van der Waals surface area contributed by atoms with E-state index in [-0.39, 0.29) is 5.95 Å². The van der Waals surface area contributed by atoms with Crippen molar-refractivity contribution in [3.63, 3.8) is 0 Å². The summed E-state index contributed by atoms with van der Waals surface area (Å²) in [6.07, 6.45) is 0.626. The summed E-state index contributed by atoms with van der Waals surface area (Å²) in [7, 11) is -4.59. The summed E-state index contributed by atoms with van der Waals surface area (Å²) in [5.41, 5.74) is 0.148. The fourth-order valence-electron chi connectivity index (χ4n) is 5.60. The molecular weight excluding hydrogens is 613 g/mol. The number of hydrogen-bond acceptors (Lipinski definition) is 9. The zero-order chi connectivity index (χ0) is 33.1. The molecule has 3 heterocycles. The van der Waals surface area contributed by atoms with Crippen molar-refractivity contribution >= 4 is 38.6 Å². The van der Waals surface area contributed by atoms with Gasteiger partial charge in [0.15, 0.2) is 11.9 Å². The molecule has 5 rings (SSSR count). The number of carbonyl (C=O) groups is 1. The average Bonchev–Trinajstić information content (AvgIpc) is 3.29. The van der Waals surface area contributed by atoms with E-state index in [1.165, 1.54) is 7.11 Å². The second-order valence-corrected chi connectivity index (χ2v) is 13.4. The molecule has 1 atom stereocenters. The van der Waals surface area contributed by atoms with Crippen LogP contribution in [0.2, 0.25) is 0 Å². The minimum atomic E-state index is -5.89. The van der Waals surface area contributed by atoms with Crippen molar-refractivity contribution in [2.45, 2.75) is 65.3 Å². The molecule has 1 aliphatic rings. The van der Waals surface area contributed by atoms with E-state index in [4.69, 9.17) is 9.47 Å². The normalized spacial score (nSPS) is 14.5. The molecule has 2 aromatic carbocycles. The monoisotopic (exact) mass is 646 g/mol. The quantitative estimate of drug-likeness (QED) is 0.127. The highest BCUT2D eigenvalue weighted by atomic mass is 32.2. The summed E-state index contributed by atoms with van der Waals surface area (Å²) in [6, 6.07) is 10.0. The molecule has 0 radical (unpaired) electrons. The van der Waals surface area contributed by atoms with Gasteiger partial charge in [-0.05, 0) is 64.3 Å². The maximum Gasteiger partial charge on any atom is 0.534 e. The summed E-state index contributed by atoms with van der Waals surface area (Å²) in [4.78, 5) is 23.6. The van der Waals surface area contributed by atoms with Crippen LogP contribution in [0.15, 0.2) is 42.7 Å². The number of anilines is 2. The van der Waals surface area contributed by atoms with Crippen molar-refractivity contribution in [1.82, 2.24) is 14.5 Å². The SMILES string of the molecule is COC(=O)[C@@H](OC(C)(C)C)c1c(C)c2c3c(cc(C)n3CCN2c2ncc(OS(=O)(=O)C(F)(F)F)cn2)c1-c1ccc(C)cc1. The Bertz CT molecular complexity index is 1880. The van der Waals surface area contributed by atoms with E-state index in [0.29, 0.717) is 29.9 Å². The van der Waals surface area contributed by atoms with Crippen LogP contribution in [0.3, 0.4) is 0 Å². The smallest absolute Gasteiger partial charge is 0.467 e. The summed E-state index contributed by atoms with van der Waals surface area (Å²) in [6.45, 7) is 12.3. The minimum Gasteiger partial charge on any atom is -0.467 e. The van der Waals surface area contributed by atoms with Crippen LogP contribution in [0.1, 0.15) is 49.3 Å². The van der Waals surface area contributed by atoms with Gasteiger partial charge in [0.1, 0.15) is 0 Å². The number of aryl methyl sites for hydroxylation is 2. The van der Waals surface area contributed by atoms with Crippen molar-refractivity contribution in [3.05, 3.63) is 65.1 Å². The molecule has 2 aromatic heterocycles. The van der Waals surface area contributed by atoms with Gasteiger partial charge in [-0.15, -0.1) is 0 Å². The van der Waals surface area contributed by atoms with E-state index < -0.39 is 39.1 Å². The van der Waals surface area contributed by atoms with Gasteiger partial charge in [-0.3, -0.25) is 0 Å². The van der Waals surface area contributed by atoms with E-state index in [9.17, 15) is 26.4 Å². The summed E-state index contributed by atoms with van der Waals surface area (Å²) < 4.78 is 79.5. The van der Waals surface area contributed by atoms with E-state index in [1.807, 2.05) is 71.9 Å². The van der Waals surface area contributed by atoms with E-state index in [0.717, 1.165) is 45.7 Å². The summed E-state index contributed by atoms with van der Waals surface area (Å²) in [5, 5.41) is 0.847. The maximum absolute atomic E-state index is 13.4. The van der Waals surface area contributed by atoms with Crippen LogP contribution < -0.4 is 9.08 Å². The highest BCUT2D eigenvalue weighted by Crippen LogP contribution is 2.49. The van der Waals surface area contributed by atoms with Gasteiger partial charge in [-0.25, -0.2) is 14.8 Å². The molecule has 14 heteroatoms. The van der Waals surface area contributed by atoms with Crippen LogP contribution in [0, 0.1) is 20.8 Å². The number of carbonyl (C=O) groups excluding carboxylic acids is 1. The maximum atomic E-state index is 13.4. The topological polar surface area (TPSA) is 113 Å². The minimum absolute atomic E-state index is 0.0988. The number of rotatable bonds is 7. The molecule has 45 heavy (non-hydrogen) atoms.